The summed E-state index contributed by atoms with van der Waals surface area (Å²) < 4.78 is 11.1. The molecule has 108 valence electrons. The normalized spacial score (nSPS) is 20.0. The lowest BCUT2D eigenvalue weighted by Crippen LogP contribution is -2.37. The summed E-state index contributed by atoms with van der Waals surface area (Å²) in [6.07, 6.45) is 3.83. The lowest BCUT2D eigenvalue weighted by atomic mass is 10.0. The Labute approximate surface area is 119 Å². The Kier molecular flexibility index (Phi) is 3.94. The highest BCUT2D eigenvalue weighted by Crippen LogP contribution is 2.30. The van der Waals surface area contributed by atoms with Gasteiger partial charge in [0.05, 0.1) is 13.2 Å². The molecule has 3 rings (SSSR count). The monoisotopic (exact) mass is 275 g/mol. The van der Waals surface area contributed by atoms with E-state index in [4.69, 9.17) is 9.47 Å². The first kappa shape index (κ1) is 13.5. The van der Waals surface area contributed by atoms with E-state index in [1.807, 2.05) is 18.2 Å². The van der Waals surface area contributed by atoms with Gasteiger partial charge in [0.15, 0.2) is 0 Å². The molecule has 1 aromatic carbocycles. The van der Waals surface area contributed by atoms with Crippen molar-refractivity contribution in [3.05, 3.63) is 29.3 Å². The van der Waals surface area contributed by atoms with Crippen molar-refractivity contribution in [2.45, 2.75) is 18.9 Å². The third kappa shape index (κ3) is 2.97. The van der Waals surface area contributed by atoms with Gasteiger partial charge in [-0.3, -0.25) is 4.90 Å². The molecule has 0 spiro atoms. The van der Waals surface area contributed by atoms with Crippen molar-refractivity contribution in [2.24, 2.45) is 0 Å². The van der Waals surface area contributed by atoms with Crippen LogP contribution in [0.25, 0.3) is 6.08 Å². The van der Waals surface area contributed by atoms with Gasteiger partial charge in [-0.2, -0.15) is 0 Å². The van der Waals surface area contributed by atoms with Crippen LogP contribution >= 0.6 is 0 Å². The van der Waals surface area contributed by atoms with E-state index in [0.29, 0.717) is 6.61 Å². The number of hydrogen-bond acceptors (Lipinski definition) is 4. The zero-order valence-electron chi connectivity index (χ0n) is 11.8. The second kappa shape index (κ2) is 5.85. The van der Waals surface area contributed by atoms with Crippen molar-refractivity contribution >= 4 is 6.08 Å². The highest BCUT2D eigenvalue weighted by Gasteiger charge is 2.19. The Morgan fingerprint density at radius 2 is 2.15 bits per heavy atom. The molecule has 0 unspecified atom stereocenters. The number of rotatable bonds is 3. The highest BCUT2D eigenvalue weighted by molar-refractivity contribution is 5.64. The summed E-state index contributed by atoms with van der Waals surface area (Å²) in [5, 5.41) is 9.54. The molecule has 1 saturated heterocycles. The van der Waals surface area contributed by atoms with Crippen molar-refractivity contribution in [3.63, 3.8) is 0 Å². The number of methoxy groups -OCH3 is 1. The van der Waals surface area contributed by atoms with E-state index in [1.54, 1.807) is 7.11 Å². The molecule has 0 saturated carbocycles. The molecule has 1 N–H and O–H groups in total. The quantitative estimate of drug-likeness (QED) is 0.915. The molecule has 0 amide bonds. The number of aliphatic hydroxyl groups excluding tert-OH is 1. The van der Waals surface area contributed by atoms with E-state index in [0.717, 1.165) is 49.5 Å². The van der Waals surface area contributed by atoms with Crippen LogP contribution in [0.1, 0.15) is 18.4 Å². The number of nitrogens with zero attached hydrogens (tertiary/aromatic N) is 1. The second-order valence-corrected chi connectivity index (χ2v) is 5.50. The lowest BCUT2D eigenvalue weighted by molar-refractivity contribution is 0.0859. The summed E-state index contributed by atoms with van der Waals surface area (Å²) in [6, 6.07) is 5.89. The summed E-state index contributed by atoms with van der Waals surface area (Å²) in [4.78, 5) is 2.38. The Bertz CT molecular complexity index is 504. The van der Waals surface area contributed by atoms with Crippen LogP contribution in [-0.4, -0.2) is 49.5 Å². The van der Waals surface area contributed by atoms with E-state index in [-0.39, 0.29) is 6.10 Å². The Morgan fingerprint density at radius 1 is 1.35 bits per heavy atom. The number of ether oxygens (including phenoxy) is 2. The minimum Gasteiger partial charge on any atom is -0.497 e. The van der Waals surface area contributed by atoms with Gasteiger partial charge in [0, 0.05) is 25.2 Å². The molecular formula is C16H21NO3. The van der Waals surface area contributed by atoms with Gasteiger partial charge in [0.25, 0.3) is 0 Å². The second-order valence-electron chi connectivity index (χ2n) is 5.50. The Balaban J connectivity index is 1.70. The van der Waals surface area contributed by atoms with Gasteiger partial charge < -0.3 is 14.6 Å². The molecule has 4 heteroatoms. The van der Waals surface area contributed by atoms with Crippen LogP contribution in [0.15, 0.2) is 23.8 Å². The van der Waals surface area contributed by atoms with E-state index >= 15 is 0 Å². The fraction of sp³-hybridized carbons (Fsp3) is 0.500. The van der Waals surface area contributed by atoms with Gasteiger partial charge in [-0.25, -0.2) is 0 Å². The Hall–Kier alpha value is -1.52. The van der Waals surface area contributed by atoms with Crippen LogP contribution in [0, 0.1) is 0 Å². The van der Waals surface area contributed by atoms with Crippen LogP contribution in [0.4, 0.5) is 0 Å². The van der Waals surface area contributed by atoms with Gasteiger partial charge in [0.1, 0.15) is 18.1 Å². The minimum absolute atomic E-state index is 0.118. The lowest BCUT2D eigenvalue weighted by Gasteiger charge is -2.31. The summed E-state index contributed by atoms with van der Waals surface area (Å²) in [6.45, 7) is 3.49. The molecule has 0 atom stereocenters. The standard InChI is InChI=1S/C16H21NO3/c1-19-15-2-3-16-13(9-15)8-12(11-20-16)10-17-6-4-14(18)5-7-17/h2-3,8-9,14,18H,4-7,10-11H2,1H3. The van der Waals surface area contributed by atoms with Crippen LogP contribution < -0.4 is 9.47 Å². The summed E-state index contributed by atoms with van der Waals surface area (Å²) >= 11 is 0. The summed E-state index contributed by atoms with van der Waals surface area (Å²) in [5.41, 5.74) is 2.37. The maximum absolute atomic E-state index is 9.54. The maximum Gasteiger partial charge on any atom is 0.127 e. The molecule has 1 fully saturated rings. The fourth-order valence-corrected chi connectivity index (χ4v) is 2.79. The summed E-state index contributed by atoms with van der Waals surface area (Å²) in [5.74, 6) is 1.77. The molecule has 2 aliphatic heterocycles. The molecule has 20 heavy (non-hydrogen) atoms. The van der Waals surface area contributed by atoms with E-state index in [1.165, 1.54) is 5.57 Å². The predicted molar refractivity (Wildman–Crippen MR) is 78.1 cm³/mol. The van der Waals surface area contributed by atoms with Crippen LogP contribution in [0.3, 0.4) is 0 Å². The van der Waals surface area contributed by atoms with Crippen molar-refractivity contribution < 1.29 is 14.6 Å². The maximum atomic E-state index is 9.54. The SMILES string of the molecule is COc1ccc2c(c1)C=C(CN1CCC(O)CC1)CO2. The number of likely N-dealkylation sites (tertiary alicyclic amines) is 1. The first-order valence-electron chi connectivity index (χ1n) is 7.15. The van der Waals surface area contributed by atoms with Gasteiger partial charge in [-0.05, 0) is 42.7 Å². The van der Waals surface area contributed by atoms with E-state index < -0.39 is 0 Å². The molecule has 0 bridgehead atoms. The van der Waals surface area contributed by atoms with Crippen LogP contribution in [-0.2, 0) is 0 Å². The van der Waals surface area contributed by atoms with Crippen molar-refractivity contribution in [1.29, 1.82) is 0 Å². The average Bonchev–Trinajstić information content (AvgIpc) is 2.49. The largest absolute Gasteiger partial charge is 0.497 e. The summed E-state index contributed by atoms with van der Waals surface area (Å²) in [7, 11) is 1.68. The highest BCUT2D eigenvalue weighted by atomic mass is 16.5. The van der Waals surface area contributed by atoms with Gasteiger partial charge in [-0.15, -0.1) is 0 Å². The molecule has 4 nitrogen and oxygen atoms in total. The predicted octanol–water partition coefficient (Wildman–Crippen LogP) is 1.93. The number of piperidine rings is 1. The Morgan fingerprint density at radius 3 is 2.90 bits per heavy atom. The first-order chi connectivity index (χ1) is 9.74. The van der Waals surface area contributed by atoms with E-state index in [2.05, 4.69) is 11.0 Å². The van der Waals surface area contributed by atoms with Crippen molar-refractivity contribution in [3.8, 4) is 11.5 Å². The average molecular weight is 275 g/mol. The third-order valence-electron chi connectivity index (χ3n) is 3.97. The van der Waals surface area contributed by atoms with Crippen molar-refractivity contribution in [1.82, 2.24) is 4.90 Å². The van der Waals surface area contributed by atoms with E-state index in [9.17, 15) is 5.11 Å². The number of benzene rings is 1. The van der Waals surface area contributed by atoms with Crippen LogP contribution in [0.5, 0.6) is 11.5 Å². The molecule has 2 heterocycles. The molecule has 1 aromatic rings. The molecule has 2 aliphatic rings. The molecule has 0 radical (unpaired) electrons. The van der Waals surface area contributed by atoms with Crippen LogP contribution in [0.2, 0.25) is 0 Å². The van der Waals surface area contributed by atoms with Crippen molar-refractivity contribution in [2.75, 3.05) is 33.4 Å². The zero-order valence-corrected chi connectivity index (χ0v) is 11.8. The minimum atomic E-state index is -0.118. The fourth-order valence-electron chi connectivity index (χ4n) is 2.79. The first-order valence-corrected chi connectivity index (χ1v) is 7.15. The smallest absolute Gasteiger partial charge is 0.127 e. The van der Waals surface area contributed by atoms with Gasteiger partial charge >= 0.3 is 0 Å². The zero-order chi connectivity index (χ0) is 13.9. The third-order valence-corrected chi connectivity index (χ3v) is 3.97. The van der Waals surface area contributed by atoms with Gasteiger partial charge in [0.2, 0.25) is 0 Å². The topological polar surface area (TPSA) is 41.9 Å². The molecular weight excluding hydrogens is 254 g/mol. The molecule has 0 aliphatic carbocycles. The number of hydrogen-bond donors (Lipinski definition) is 1. The number of fused-ring (bicyclic) bond motifs is 1. The molecule has 0 aromatic heterocycles. The van der Waals surface area contributed by atoms with Gasteiger partial charge in [-0.1, -0.05) is 0 Å². The number of aliphatic hydroxyl groups is 1.